The van der Waals surface area contributed by atoms with Gasteiger partial charge in [0.15, 0.2) is 0 Å². The number of hydrogen-bond donors (Lipinski definition) is 0. The molecule has 0 N–H and O–H groups in total. The van der Waals surface area contributed by atoms with Gasteiger partial charge in [-0.05, 0) is 17.7 Å². The summed E-state index contributed by atoms with van der Waals surface area (Å²) >= 11 is 5.76. The van der Waals surface area contributed by atoms with Crippen LogP contribution in [0.2, 0.25) is 5.15 Å². The lowest BCUT2D eigenvalue weighted by molar-refractivity contribution is 0.000863. The van der Waals surface area contributed by atoms with Crippen LogP contribution in [0.3, 0.4) is 0 Å². The number of hydrogen-bond acceptors (Lipinski definition) is 5. The van der Waals surface area contributed by atoms with Gasteiger partial charge in [0.1, 0.15) is 5.15 Å². The Labute approximate surface area is 118 Å². The zero-order valence-corrected chi connectivity index (χ0v) is 11.9. The summed E-state index contributed by atoms with van der Waals surface area (Å²) in [6, 6.07) is 3.66. The Balaban J connectivity index is 1.89. The molecule has 0 bridgehead atoms. The first kappa shape index (κ1) is 16.3. The van der Waals surface area contributed by atoms with Crippen molar-refractivity contribution in [3.63, 3.8) is 0 Å². The van der Waals surface area contributed by atoms with Crippen LogP contribution in [0, 0.1) is 0 Å². The van der Waals surface area contributed by atoms with Crippen LogP contribution in [-0.2, 0) is 25.6 Å². The van der Waals surface area contributed by atoms with E-state index in [-0.39, 0.29) is 0 Å². The Morgan fingerprint density at radius 1 is 1.00 bits per heavy atom. The normalized spacial score (nSPS) is 10.8. The predicted octanol–water partition coefficient (Wildman–Crippen LogP) is 1.93. The molecule has 1 aromatic heterocycles. The number of rotatable bonds is 11. The second-order valence-electron chi connectivity index (χ2n) is 3.76. The summed E-state index contributed by atoms with van der Waals surface area (Å²) in [5.74, 6) is 0. The van der Waals surface area contributed by atoms with Gasteiger partial charge in [0, 0.05) is 13.3 Å². The first-order chi connectivity index (χ1) is 9.33. The fraction of sp³-hybridized carbons (Fsp3) is 0.615. The fourth-order valence-electron chi connectivity index (χ4n) is 1.30. The van der Waals surface area contributed by atoms with Gasteiger partial charge >= 0.3 is 0 Å². The number of ether oxygens (including phenoxy) is 4. The molecule has 0 radical (unpaired) electrons. The molecule has 0 spiro atoms. The Hall–Kier alpha value is -0.720. The van der Waals surface area contributed by atoms with Gasteiger partial charge < -0.3 is 18.9 Å². The van der Waals surface area contributed by atoms with Gasteiger partial charge in [-0.1, -0.05) is 11.6 Å². The topological polar surface area (TPSA) is 49.8 Å². The van der Waals surface area contributed by atoms with Gasteiger partial charge in [0.25, 0.3) is 0 Å². The number of aromatic nitrogens is 1. The van der Waals surface area contributed by atoms with Crippen LogP contribution < -0.4 is 0 Å². The summed E-state index contributed by atoms with van der Waals surface area (Å²) in [4.78, 5) is 3.90. The van der Waals surface area contributed by atoms with Crippen molar-refractivity contribution in [3.8, 4) is 0 Å². The van der Waals surface area contributed by atoms with Crippen LogP contribution in [-0.4, -0.2) is 51.7 Å². The minimum absolute atomic E-state index is 0.477. The molecule has 6 heteroatoms. The Kier molecular flexibility index (Phi) is 9.57. The number of nitrogens with zero attached hydrogens (tertiary/aromatic N) is 1. The lowest BCUT2D eigenvalue weighted by Crippen LogP contribution is -2.11. The van der Waals surface area contributed by atoms with Crippen molar-refractivity contribution in [1.29, 1.82) is 0 Å². The minimum Gasteiger partial charge on any atom is -0.382 e. The molecule has 0 aliphatic rings. The highest BCUT2D eigenvalue weighted by Crippen LogP contribution is 2.07. The van der Waals surface area contributed by atoms with Crippen molar-refractivity contribution in [2.75, 3.05) is 46.8 Å². The van der Waals surface area contributed by atoms with E-state index in [4.69, 9.17) is 30.5 Å². The molecular weight excluding hydrogens is 270 g/mol. The van der Waals surface area contributed by atoms with E-state index in [0.717, 1.165) is 5.56 Å². The standard InChI is InChI=1S/C13H20ClNO4/c1-16-4-5-17-6-7-18-8-9-19-11-12-2-3-15-13(14)10-12/h2-3,10H,4-9,11H2,1H3. The molecule has 0 unspecified atom stereocenters. The number of pyridine rings is 1. The molecule has 1 aromatic rings. The summed E-state index contributed by atoms with van der Waals surface area (Å²) in [5.41, 5.74) is 1.00. The van der Waals surface area contributed by atoms with Crippen molar-refractivity contribution in [2.24, 2.45) is 0 Å². The molecule has 0 aromatic carbocycles. The molecule has 0 amide bonds. The largest absolute Gasteiger partial charge is 0.382 e. The van der Waals surface area contributed by atoms with Gasteiger partial charge in [-0.3, -0.25) is 0 Å². The van der Waals surface area contributed by atoms with Gasteiger partial charge in [0.2, 0.25) is 0 Å². The van der Waals surface area contributed by atoms with Crippen LogP contribution in [0.15, 0.2) is 18.3 Å². The lowest BCUT2D eigenvalue weighted by Gasteiger charge is -2.06. The van der Waals surface area contributed by atoms with E-state index in [1.54, 1.807) is 19.4 Å². The van der Waals surface area contributed by atoms with Crippen LogP contribution in [0.1, 0.15) is 5.56 Å². The van der Waals surface area contributed by atoms with Gasteiger partial charge in [-0.15, -0.1) is 0 Å². The zero-order chi connectivity index (χ0) is 13.8. The zero-order valence-electron chi connectivity index (χ0n) is 11.1. The van der Waals surface area contributed by atoms with Crippen LogP contribution in [0.4, 0.5) is 0 Å². The molecule has 1 heterocycles. The Morgan fingerprint density at radius 3 is 2.26 bits per heavy atom. The van der Waals surface area contributed by atoms with Crippen LogP contribution in [0.5, 0.6) is 0 Å². The number of methoxy groups -OCH3 is 1. The van der Waals surface area contributed by atoms with E-state index >= 15 is 0 Å². The highest BCUT2D eigenvalue weighted by Gasteiger charge is 1.96. The minimum atomic E-state index is 0.477. The highest BCUT2D eigenvalue weighted by molar-refractivity contribution is 6.29. The summed E-state index contributed by atoms with van der Waals surface area (Å²) in [5, 5.41) is 0.477. The maximum absolute atomic E-state index is 5.76. The molecular formula is C13H20ClNO4. The molecule has 0 atom stereocenters. The SMILES string of the molecule is COCCOCCOCCOCc1ccnc(Cl)c1. The Bertz CT molecular complexity index is 338. The van der Waals surface area contributed by atoms with Crippen LogP contribution >= 0.6 is 11.6 Å². The fourth-order valence-corrected chi connectivity index (χ4v) is 1.50. The van der Waals surface area contributed by atoms with Gasteiger partial charge in [-0.2, -0.15) is 0 Å². The number of halogens is 1. The van der Waals surface area contributed by atoms with Crippen LogP contribution in [0.25, 0.3) is 0 Å². The molecule has 0 saturated carbocycles. The third-order valence-electron chi connectivity index (χ3n) is 2.24. The first-order valence-corrected chi connectivity index (χ1v) is 6.53. The second-order valence-corrected chi connectivity index (χ2v) is 4.14. The third kappa shape index (κ3) is 8.91. The smallest absolute Gasteiger partial charge is 0.129 e. The molecule has 108 valence electrons. The molecule has 0 saturated heterocycles. The molecule has 0 aliphatic carbocycles. The predicted molar refractivity (Wildman–Crippen MR) is 72.4 cm³/mol. The maximum atomic E-state index is 5.76. The van der Waals surface area contributed by atoms with Crippen molar-refractivity contribution < 1.29 is 18.9 Å². The molecule has 1 rings (SSSR count). The summed E-state index contributed by atoms with van der Waals surface area (Å²) < 4.78 is 20.9. The van der Waals surface area contributed by atoms with Gasteiger partial charge in [-0.25, -0.2) is 4.98 Å². The molecule has 19 heavy (non-hydrogen) atoms. The van der Waals surface area contributed by atoms with E-state index < -0.39 is 0 Å². The average molecular weight is 290 g/mol. The van der Waals surface area contributed by atoms with Crippen molar-refractivity contribution in [1.82, 2.24) is 4.98 Å². The monoisotopic (exact) mass is 289 g/mol. The maximum Gasteiger partial charge on any atom is 0.129 e. The average Bonchev–Trinajstić information content (AvgIpc) is 2.41. The highest BCUT2D eigenvalue weighted by atomic mass is 35.5. The third-order valence-corrected chi connectivity index (χ3v) is 2.44. The Morgan fingerprint density at radius 2 is 1.63 bits per heavy atom. The quantitative estimate of drug-likeness (QED) is 0.460. The summed E-state index contributed by atoms with van der Waals surface area (Å²) in [6.45, 7) is 3.94. The van der Waals surface area contributed by atoms with E-state index in [1.165, 1.54) is 0 Å². The summed E-state index contributed by atoms with van der Waals surface area (Å²) in [6.07, 6.45) is 1.66. The van der Waals surface area contributed by atoms with Crippen molar-refractivity contribution in [2.45, 2.75) is 6.61 Å². The molecule has 5 nitrogen and oxygen atoms in total. The van der Waals surface area contributed by atoms with E-state index in [9.17, 15) is 0 Å². The first-order valence-electron chi connectivity index (χ1n) is 6.15. The van der Waals surface area contributed by atoms with E-state index in [1.807, 2.05) is 6.07 Å². The van der Waals surface area contributed by atoms with E-state index in [2.05, 4.69) is 4.98 Å². The molecule has 0 aliphatic heterocycles. The van der Waals surface area contributed by atoms with Crippen molar-refractivity contribution in [3.05, 3.63) is 29.0 Å². The summed E-state index contributed by atoms with van der Waals surface area (Å²) in [7, 11) is 1.65. The van der Waals surface area contributed by atoms with Gasteiger partial charge in [0.05, 0.1) is 46.2 Å². The molecule has 0 fully saturated rings. The van der Waals surface area contributed by atoms with Crippen molar-refractivity contribution >= 4 is 11.6 Å². The lowest BCUT2D eigenvalue weighted by atomic mass is 10.3. The second kappa shape index (κ2) is 11.1. The van der Waals surface area contributed by atoms with E-state index in [0.29, 0.717) is 51.4 Å².